The second-order valence-electron chi connectivity index (χ2n) is 5.36. The molecule has 0 radical (unpaired) electrons. The van der Waals surface area contributed by atoms with Gasteiger partial charge in [0.2, 0.25) is 5.91 Å². The van der Waals surface area contributed by atoms with Crippen molar-refractivity contribution in [2.75, 3.05) is 26.3 Å². The van der Waals surface area contributed by atoms with Gasteiger partial charge in [-0.15, -0.1) is 0 Å². The molecule has 7 nitrogen and oxygen atoms in total. The average molecular weight is 317 g/mol. The molecule has 7 heteroatoms. The first-order valence-corrected chi connectivity index (χ1v) is 7.42. The Morgan fingerprint density at radius 1 is 1.30 bits per heavy atom. The molecule has 0 bridgehead atoms. The number of carbonyl (C=O) groups excluding carboxylic acids is 1. The highest BCUT2D eigenvalue weighted by Gasteiger charge is 2.22. The first-order chi connectivity index (χ1) is 11.1. The van der Waals surface area contributed by atoms with E-state index in [1.54, 1.807) is 29.2 Å². The number of benzene rings is 1. The fourth-order valence-corrected chi connectivity index (χ4v) is 2.50. The van der Waals surface area contributed by atoms with Gasteiger partial charge in [0.05, 0.1) is 24.8 Å². The van der Waals surface area contributed by atoms with Crippen LogP contribution in [0.1, 0.15) is 17.5 Å². The molecule has 1 aliphatic rings. The molecule has 0 unspecified atom stereocenters. The average Bonchev–Trinajstić information content (AvgIpc) is 2.55. The van der Waals surface area contributed by atoms with Crippen molar-refractivity contribution in [2.45, 2.75) is 18.9 Å². The lowest BCUT2D eigenvalue weighted by molar-refractivity contribution is -0.135. The first kappa shape index (κ1) is 16.8. The number of amides is 2. The lowest BCUT2D eigenvalue weighted by atomic mass is 10.0. The first-order valence-electron chi connectivity index (χ1n) is 7.42. The van der Waals surface area contributed by atoms with Crippen molar-refractivity contribution in [3.05, 3.63) is 35.4 Å². The molecular formula is C16H19N3O4. The van der Waals surface area contributed by atoms with Gasteiger partial charge < -0.3 is 20.1 Å². The topological polar surface area (TPSA) is 103 Å². The molecule has 1 aliphatic heterocycles. The van der Waals surface area contributed by atoms with Crippen LogP contribution in [0.25, 0.3) is 0 Å². The Balaban J connectivity index is 1.99. The zero-order chi connectivity index (χ0) is 16.7. The molecular weight excluding hydrogens is 298 g/mol. The third-order valence-corrected chi connectivity index (χ3v) is 3.68. The van der Waals surface area contributed by atoms with Crippen molar-refractivity contribution in [2.24, 2.45) is 0 Å². The highest BCUT2D eigenvalue weighted by atomic mass is 16.5. The smallest absolute Gasteiger partial charge is 0.404 e. The van der Waals surface area contributed by atoms with Crippen LogP contribution >= 0.6 is 0 Å². The Labute approximate surface area is 134 Å². The number of morpholine rings is 1. The zero-order valence-electron chi connectivity index (χ0n) is 12.7. The van der Waals surface area contributed by atoms with E-state index in [9.17, 15) is 9.59 Å². The van der Waals surface area contributed by atoms with Gasteiger partial charge in [0, 0.05) is 25.6 Å². The van der Waals surface area contributed by atoms with E-state index in [-0.39, 0.29) is 12.3 Å². The largest absolute Gasteiger partial charge is 0.465 e. The van der Waals surface area contributed by atoms with Crippen LogP contribution in [0.5, 0.6) is 0 Å². The Morgan fingerprint density at radius 2 is 1.96 bits per heavy atom. The van der Waals surface area contributed by atoms with E-state index < -0.39 is 12.1 Å². The third kappa shape index (κ3) is 5.27. The third-order valence-electron chi connectivity index (χ3n) is 3.68. The summed E-state index contributed by atoms with van der Waals surface area (Å²) in [7, 11) is 0. The minimum Gasteiger partial charge on any atom is -0.465 e. The maximum Gasteiger partial charge on any atom is 0.404 e. The number of nitrogens with one attached hydrogen (secondary N) is 1. The van der Waals surface area contributed by atoms with Crippen LogP contribution in [0.15, 0.2) is 24.3 Å². The molecule has 122 valence electrons. The van der Waals surface area contributed by atoms with Crippen molar-refractivity contribution < 1.29 is 19.4 Å². The van der Waals surface area contributed by atoms with Crippen LogP contribution in [0.4, 0.5) is 4.79 Å². The van der Waals surface area contributed by atoms with Crippen LogP contribution in [0.2, 0.25) is 0 Å². The fraction of sp³-hybridized carbons (Fsp3) is 0.438. The summed E-state index contributed by atoms with van der Waals surface area (Å²) in [6.45, 7) is 2.10. The van der Waals surface area contributed by atoms with Gasteiger partial charge in [0.15, 0.2) is 0 Å². The van der Waals surface area contributed by atoms with Crippen molar-refractivity contribution in [1.82, 2.24) is 10.2 Å². The molecule has 2 N–H and O–H groups in total. The number of ether oxygens (including phenoxy) is 1. The molecule has 0 aliphatic carbocycles. The van der Waals surface area contributed by atoms with Crippen LogP contribution in [0.3, 0.4) is 0 Å². The second kappa shape index (κ2) is 8.15. The second-order valence-corrected chi connectivity index (χ2v) is 5.36. The predicted molar refractivity (Wildman–Crippen MR) is 81.8 cm³/mol. The molecule has 0 aromatic heterocycles. The Kier molecular flexibility index (Phi) is 5.94. The summed E-state index contributed by atoms with van der Waals surface area (Å²) in [6.07, 6.45) is -0.654. The van der Waals surface area contributed by atoms with E-state index in [1.807, 2.05) is 6.07 Å². The molecule has 1 fully saturated rings. The monoisotopic (exact) mass is 317 g/mol. The molecule has 1 saturated heterocycles. The summed E-state index contributed by atoms with van der Waals surface area (Å²) in [4.78, 5) is 24.9. The Bertz CT molecular complexity index is 588. The minimum absolute atomic E-state index is 0.0827. The van der Waals surface area contributed by atoms with E-state index in [0.29, 0.717) is 38.3 Å². The standard InChI is InChI=1S/C16H19N3O4/c17-11-13-3-1-12(2-4-13)9-14(18-16(21)22)10-15(20)19-5-7-23-8-6-19/h1-4,14,18H,5-10H2,(H,21,22)/t14-/m1/s1. The van der Waals surface area contributed by atoms with E-state index in [2.05, 4.69) is 5.32 Å². The summed E-state index contributed by atoms with van der Waals surface area (Å²) in [6, 6.07) is 8.43. The number of nitriles is 1. The van der Waals surface area contributed by atoms with E-state index in [4.69, 9.17) is 15.1 Å². The van der Waals surface area contributed by atoms with Crippen molar-refractivity contribution in [3.63, 3.8) is 0 Å². The van der Waals surface area contributed by atoms with Crippen LogP contribution in [-0.4, -0.2) is 54.4 Å². The summed E-state index contributed by atoms with van der Waals surface area (Å²) in [5, 5.41) is 20.2. The van der Waals surface area contributed by atoms with Crippen LogP contribution in [-0.2, 0) is 16.0 Å². The summed E-state index contributed by atoms with van der Waals surface area (Å²) < 4.78 is 5.21. The van der Waals surface area contributed by atoms with Crippen molar-refractivity contribution in [1.29, 1.82) is 5.26 Å². The van der Waals surface area contributed by atoms with Gasteiger partial charge in [-0.3, -0.25) is 4.79 Å². The van der Waals surface area contributed by atoms with E-state index >= 15 is 0 Å². The van der Waals surface area contributed by atoms with E-state index in [1.165, 1.54) is 0 Å². The highest BCUT2D eigenvalue weighted by Crippen LogP contribution is 2.10. The Hall–Kier alpha value is -2.59. The zero-order valence-corrected chi connectivity index (χ0v) is 12.7. The molecule has 0 spiro atoms. The van der Waals surface area contributed by atoms with Gasteiger partial charge in [0.25, 0.3) is 0 Å². The van der Waals surface area contributed by atoms with Gasteiger partial charge in [-0.1, -0.05) is 12.1 Å². The van der Waals surface area contributed by atoms with Gasteiger partial charge in [-0.05, 0) is 24.1 Å². The molecule has 0 saturated carbocycles. The molecule has 2 rings (SSSR count). The fourth-order valence-electron chi connectivity index (χ4n) is 2.50. The number of carboxylic acid groups (broad SMARTS) is 1. The quantitative estimate of drug-likeness (QED) is 0.843. The normalized spacial score (nSPS) is 15.5. The number of hydrogen-bond acceptors (Lipinski definition) is 4. The van der Waals surface area contributed by atoms with Crippen molar-refractivity contribution in [3.8, 4) is 6.07 Å². The number of hydrogen-bond donors (Lipinski definition) is 2. The van der Waals surface area contributed by atoms with Gasteiger partial charge in [0.1, 0.15) is 0 Å². The lowest BCUT2D eigenvalue weighted by Crippen LogP contribution is -2.45. The van der Waals surface area contributed by atoms with Crippen LogP contribution in [0, 0.1) is 11.3 Å². The number of carbonyl (C=O) groups is 2. The summed E-state index contributed by atoms with van der Waals surface area (Å²) in [5.41, 5.74) is 1.42. The predicted octanol–water partition coefficient (Wildman–Crippen LogP) is 0.986. The lowest BCUT2D eigenvalue weighted by Gasteiger charge is -2.28. The minimum atomic E-state index is -1.15. The maximum atomic E-state index is 12.3. The molecule has 1 heterocycles. The SMILES string of the molecule is N#Cc1ccc(C[C@H](CC(=O)N2CCOCC2)NC(=O)O)cc1. The summed E-state index contributed by atoms with van der Waals surface area (Å²) >= 11 is 0. The molecule has 1 atom stereocenters. The van der Waals surface area contributed by atoms with Crippen LogP contribution < -0.4 is 5.32 Å². The maximum absolute atomic E-state index is 12.3. The van der Waals surface area contributed by atoms with Gasteiger partial charge in [-0.25, -0.2) is 4.79 Å². The number of rotatable bonds is 5. The molecule has 1 aromatic rings. The molecule has 23 heavy (non-hydrogen) atoms. The van der Waals surface area contributed by atoms with Crippen molar-refractivity contribution >= 4 is 12.0 Å². The molecule has 1 aromatic carbocycles. The summed E-state index contributed by atoms with van der Waals surface area (Å²) in [5.74, 6) is -0.0827. The number of nitrogens with zero attached hydrogens (tertiary/aromatic N) is 2. The molecule has 2 amide bonds. The van der Waals surface area contributed by atoms with Gasteiger partial charge in [-0.2, -0.15) is 5.26 Å². The Morgan fingerprint density at radius 3 is 2.52 bits per heavy atom. The van der Waals surface area contributed by atoms with E-state index in [0.717, 1.165) is 5.56 Å². The van der Waals surface area contributed by atoms with Gasteiger partial charge >= 0.3 is 6.09 Å². The highest BCUT2D eigenvalue weighted by molar-refractivity contribution is 5.77.